The molecule has 0 radical (unpaired) electrons. The number of ether oxygens (including phenoxy) is 2. The van der Waals surface area contributed by atoms with E-state index >= 15 is 0 Å². The SMILES string of the molecule is NC(=O)c1ccc[n+](C2OC(CO)C(OP(=O)(O)OP(=O)(O)OCC3OC(n4cnc5c(=O)[nH]cnc54)C(O)C3O)C2O)c1. The topological polar surface area (TPSA) is 312 Å². The third-order valence-electron chi connectivity index (χ3n) is 6.73. The molecule has 9 N–H and O–H groups in total. The Balaban J connectivity index is 1.22. The summed E-state index contributed by atoms with van der Waals surface area (Å²) >= 11 is 0. The maximum atomic E-state index is 12.7. The quantitative estimate of drug-likeness (QED) is 0.0734. The minimum Gasteiger partial charge on any atom is -0.394 e. The number of H-pyrrole nitrogens is 1. The molecule has 2 saturated heterocycles. The number of imidazole rings is 1. The van der Waals surface area contributed by atoms with E-state index in [4.69, 9.17) is 24.3 Å². The fourth-order valence-electron chi connectivity index (χ4n) is 4.68. The number of rotatable bonds is 11. The Morgan fingerprint density at radius 1 is 1.11 bits per heavy atom. The number of nitrogens with one attached hydrogen (secondary N) is 1. The number of phosphoric acid groups is 2. The normalized spacial score (nSPS) is 31.6. The first-order valence-electron chi connectivity index (χ1n) is 12.6. The summed E-state index contributed by atoms with van der Waals surface area (Å²) in [6.45, 7) is -1.79. The van der Waals surface area contributed by atoms with E-state index in [9.17, 15) is 48.9 Å². The van der Waals surface area contributed by atoms with Crippen LogP contribution in [0.25, 0.3) is 11.2 Å². The van der Waals surface area contributed by atoms with Gasteiger partial charge in [0.15, 0.2) is 35.9 Å². The van der Waals surface area contributed by atoms with Gasteiger partial charge in [-0.2, -0.15) is 8.88 Å². The van der Waals surface area contributed by atoms with E-state index in [2.05, 4.69) is 19.3 Å². The molecule has 10 unspecified atom stereocenters. The number of hydrogen-bond acceptors (Lipinski definition) is 15. The van der Waals surface area contributed by atoms with Crippen molar-refractivity contribution >= 4 is 32.7 Å². The van der Waals surface area contributed by atoms with E-state index in [1.807, 2.05) is 0 Å². The number of nitrogens with zero attached hydrogens (tertiary/aromatic N) is 4. The number of carbonyl (C=O) groups excluding carboxylic acids is 1. The van der Waals surface area contributed by atoms with Crippen molar-refractivity contribution in [2.45, 2.75) is 49.1 Å². The van der Waals surface area contributed by atoms with Gasteiger partial charge in [0, 0.05) is 6.07 Å². The molecule has 1 amide bonds. The van der Waals surface area contributed by atoms with E-state index < -0.39 is 89.4 Å². The summed E-state index contributed by atoms with van der Waals surface area (Å²) in [5, 5.41) is 41.3. The molecule has 2 aliphatic heterocycles. The van der Waals surface area contributed by atoms with Crippen LogP contribution in [0.3, 0.4) is 0 Å². The highest BCUT2D eigenvalue weighted by atomic mass is 31.3. The zero-order valence-corrected chi connectivity index (χ0v) is 23.9. The van der Waals surface area contributed by atoms with Crippen LogP contribution in [0.5, 0.6) is 0 Å². The van der Waals surface area contributed by atoms with Gasteiger partial charge in [-0.15, -0.1) is 0 Å². The molecule has 0 aromatic carbocycles. The molecular formula is C21H27N6O15P2+. The zero-order chi connectivity index (χ0) is 32.0. The lowest BCUT2D eigenvalue weighted by Crippen LogP contribution is -2.46. The number of amides is 1. The van der Waals surface area contributed by atoms with Crippen LogP contribution in [0.15, 0.2) is 42.0 Å². The highest BCUT2D eigenvalue weighted by molar-refractivity contribution is 7.61. The second kappa shape index (κ2) is 12.4. The maximum absolute atomic E-state index is 12.7. The summed E-state index contributed by atoms with van der Waals surface area (Å²) in [6, 6.07) is 2.78. The predicted molar refractivity (Wildman–Crippen MR) is 138 cm³/mol. The molecule has 0 saturated carbocycles. The van der Waals surface area contributed by atoms with Gasteiger partial charge in [-0.05, 0) is 6.07 Å². The average molecular weight is 665 g/mol. The number of fused-ring (bicyclic) bond motifs is 1. The monoisotopic (exact) mass is 665 g/mol. The van der Waals surface area contributed by atoms with E-state index in [1.165, 1.54) is 29.1 Å². The molecular weight excluding hydrogens is 638 g/mol. The van der Waals surface area contributed by atoms with Crippen LogP contribution >= 0.6 is 15.6 Å². The van der Waals surface area contributed by atoms with Crippen LogP contribution in [-0.4, -0.2) is 105 Å². The molecule has 5 heterocycles. The molecule has 2 aliphatic rings. The lowest BCUT2D eigenvalue weighted by atomic mass is 10.1. The number of phosphoric ester groups is 2. The van der Waals surface area contributed by atoms with Crippen molar-refractivity contribution < 1.29 is 71.5 Å². The van der Waals surface area contributed by atoms with Gasteiger partial charge in [-0.25, -0.2) is 19.1 Å². The van der Waals surface area contributed by atoms with Crippen LogP contribution in [0.2, 0.25) is 0 Å². The van der Waals surface area contributed by atoms with E-state index in [0.29, 0.717) is 0 Å². The number of primary amides is 1. The third-order valence-corrected chi connectivity index (χ3v) is 9.37. The molecule has 3 aromatic rings. The van der Waals surface area contributed by atoms with Gasteiger partial charge in [0.1, 0.15) is 36.1 Å². The standard InChI is InChI=1S/C21H26N6O15P2/c22-17(32)9-2-1-3-26(4-9)20-15(31)16(10(5-28)39-20)41-44(36,37)42-43(34,35)38-6-11-13(29)14(30)21(40-11)27-8-25-12-18(27)23-7-24-19(12)33/h1-4,7-8,10-11,13-16,20-21,28-31H,5-6H2,(H4-,22,23,24,32,33,34,35,36,37)/p+1. The summed E-state index contributed by atoms with van der Waals surface area (Å²) in [4.78, 5) is 53.9. The minimum absolute atomic E-state index is 0.00146. The molecule has 0 bridgehead atoms. The molecule has 23 heteroatoms. The van der Waals surface area contributed by atoms with Gasteiger partial charge in [-0.3, -0.25) is 23.2 Å². The Labute approximate surface area is 245 Å². The smallest absolute Gasteiger partial charge is 0.394 e. The van der Waals surface area contributed by atoms with Crippen molar-refractivity contribution in [1.29, 1.82) is 0 Å². The molecule has 2 fully saturated rings. The molecule has 44 heavy (non-hydrogen) atoms. The summed E-state index contributed by atoms with van der Waals surface area (Å²) in [5.74, 6) is -0.797. The molecule has 10 atom stereocenters. The molecule has 5 rings (SSSR count). The minimum atomic E-state index is -5.55. The second-order valence-electron chi connectivity index (χ2n) is 9.63. The van der Waals surface area contributed by atoms with Crippen molar-refractivity contribution in [2.75, 3.05) is 13.2 Å². The first kappa shape index (κ1) is 32.4. The average Bonchev–Trinajstić information content (AvgIpc) is 3.61. The molecule has 0 aliphatic carbocycles. The summed E-state index contributed by atoms with van der Waals surface area (Å²) < 4.78 is 52.4. The Bertz CT molecular complexity index is 1690. The van der Waals surface area contributed by atoms with Crippen LogP contribution in [0, 0.1) is 0 Å². The van der Waals surface area contributed by atoms with E-state index in [-0.39, 0.29) is 16.7 Å². The van der Waals surface area contributed by atoms with Gasteiger partial charge in [0.2, 0.25) is 0 Å². The fraction of sp³-hybridized carbons (Fsp3) is 0.476. The first-order valence-corrected chi connectivity index (χ1v) is 15.6. The van der Waals surface area contributed by atoms with Crippen molar-refractivity contribution in [3.05, 3.63) is 53.1 Å². The van der Waals surface area contributed by atoms with Gasteiger partial charge in [0.25, 0.3) is 17.7 Å². The molecule has 240 valence electrons. The largest absolute Gasteiger partial charge is 0.481 e. The molecule has 21 nitrogen and oxygen atoms in total. The van der Waals surface area contributed by atoms with Crippen molar-refractivity contribution in [3.63, 3.8) is 0 Å². The number of hydrogen-bond donors (Lipinski definition) is 8. The van der Waals surface area contributed by atoms with Crippen molar-refractivity contribution in [2.24, 2.45) is 5.73 Å². The summed E-state index contributed by atoms with van der Waals surface area (Å²) in [5.41, 5.74) is 4.62. The number of carbonyl (C=O) groups is 1. The van der Waals surface area contributed by atoms with Crippen LogP contribution < -0.4 is 15.9 Å². The van der Waals surface area contributed by atoms with Crippen molar-refractivity contribution in [3.8, 4) is 0 Å². The van der Waals surface area contributed by atoms with E-state index in [1.54, 1.807) is 0 Å². The first-order chi connectivity index (χ1) is 20.7. The number of aliphatic hydroxyl groups excluding tert-OH is 4. The van der Waals surface area contributed by atoms with Gasteiger partial charge in [0.05, 0.1) is 25.9 Å². The van der Waals surface area contributed by atoms with Crippen LogP contribution in [0.1, 0.15) is 22.8 Å². The highest BCUT2D eigenvalue weighted by Crippen LogP contribution is 2.62. The van der Waals surface area contributed by atoms with E-state index in [0.717, 1.165) is 17.2 Å². The van der Waals surface area contributed by atoms with Crippen molar-refractivity contribution in [1.82, 2.24) is 19.5 Å². The highest BCUT2D eigenvalue weighted by Gasteiger charge is 2.53. The lowest BCUT2D eigenvalue weighted by molar-refractivity contribution is -0.765. The predicted octanol–water partition coefficient (Wildman–Crippen LogP) is -3.30. The molecule has 0 spiro atoms. The Morgan fingerprint density at radius 2 is 1.86 bits per heavy atom. The molecule has 3 aromatic heterocycles. The number of pyridine rings is 1. The Morgan fingerprint density at radius 3 is 2.57 bits per heavy atom. The van der Waals surface area contributed by atoms with Gasteiger partial charge < -0.3 is 50.4 Å². The summed E-state index contributed by atoms with van der Waals surface area (Å²) in [6.07, 6.45) is -7.78. The van der Waals surface area contributed by atoms with Gasteiger partial charge in [-0.1, -0.05) is 0 Å². The number of nitrogens with two attached hydrogens (primary N) is 1. The Kier molecular flexibility index (Phi) is 9.13. The van der Waals surface area contributed by atoms with Crippen LogP contribution in [0.4, 0.5) is 0 Å². The second-order valence-corrected chi connectivity index (χ2v) is 12.6. The third kappa shape index (κ3) is 6.51. The maximum Gasteiger partial charge on any atom is 0.481 e. The number of aliphatic hydroxyl groups is 4. The summed E-state index contributed by atoms with van der Waals surface area (Å²) in [7, 11) is -11.0. The number of aromatic nitrogens is 5. The number of aromatic amines is 1. The van der Waals surface area contributed by atoms with Gasteiger partial charge >= 0.3 is 15.6 Å². The Hall–Kier alpha value is -3.01. The van der Waals surface area contributed by atoms with Crippen LogP contribution in [-0.2, 0) is 32.0 Å². The zero-order valence-electron chi connectivity index (χ0n) is 22.1. The lowest BCUT2D eigenvalue weighted by Gasteiger charge is -2.23. The fourth-order valence-corrected chi connectivity index (χ4v) is 6.97.